The summed E-state index contributed by atoms with van der Waals surface area (Å²) in [5, 5.41) is 17.8. The minimum Gasteiger partial charge on any atom is -0.481 e. The normalized spacial score (nSPS) is 17.5. The van der Waals surface area contributed by atoms with Crippen molar-refractivity contribution < 1.29 is 9.90 Å². The lowest BCUT2D eigenvalue weighted by Crippen LogP contribution is -2.19. The van der Waals surface area contributed by atoms with E-state index >= 15 is 0 Å². The number of hydrogen-bond acceptors (Lipinski definition) is 4. The minimum atomic E-state index is -0.837. The SMILES string of the molecule is Cc1nnc(SCC(=O)O)n1C1CCCc2ccccc21. The monoisotopic (exact) mass is 303 g/mol. The van der Waals surface area contributed by atoms with Crippen LogP contribution in [0.1, 0.15) is 35.8 Å². The first kappa shape index (κ1) is 14.1. The first-order chi connectivity index (χ1) is 10.2. The smallest absolute Gasteiger partial charge is 0.313 e. The highest BCUT2D eigenvalue weighted by molar-refractivity contribution is 7.99. The number of aliphatic carboxylic acids is 1. The van der Waals surface area contributed by atoms with Crippen molar-refractivity contribution >= 4 is 17.7 Å². The van der Waals surface area contributed by atoms with Crippen LogP contribution in [0.15, 0.2) is 29.4 Å². The number of carbonyl (C=O) groups is 1. The molecule has 0 bridgehead atoms. The highest BCUT2D eigenvalue weighted by atomic mass is 32.2. The van der Waals surface area contributed by atoms with Crippen molar-refractivity contribution in [1.29, 1.82) is 0 Å². The van der Waals surface area contributed by atoms with Crippen molar-refractivity contribution in [3.63, 3.8) is 0 Å². The summed E-state index contributed by atoms with van der Waals surface area (Å²) in [4.78, 5) is 10.8. The molecule has 0 fully saturated rings. The van der Waals surface area contributed by atoms with Gasteiger partial charge in [0, 0.05) is 0 Å². The third-order valence-electron chi connectivity index (χ3n) is 3.81. The zero-order valence-corrected chi connectivity index (χ0v) is 12.6. The molecule has 3 rings (SSSR count). The molecule has 6 heteroatoms. The molecule has 21 heavy (non-hydrogen) atoms. The molecule has 2 aromatic rings. The maximum Gasteiger partial charge on any atom is 0.313 e. The quantitative estimate of drug-likeness (QED) is 0.880. The van der Waals surface area contributed by atoms with Crippen LogP contribution in [0.25, 0.3) is 0 Å². The number of fused-ring (bicyclic) bond motifs is 1. The fourth-order valence-corrected chi connectivity index (χ4v) is 3.68. The lowest BCUT2D eigenvalue weighted by Gasteiger charge is -2.28. The molecule has 1 atom stereocenters. The van der Waals surface area contributed by atoms with Crippen molar-refractivity contribution in [3.8, 4) is 0 Å². The topological polar surface area (TPSA) is 68.0 Å². The number of benzene rings is 1. The average Bonchev–Trinajstić information content (AvgIpc) is 2.85. The van der Waals surface area contributed by atoms with Gasteiger partial charge in [0.15, 0.2) is 5.16 Å². The molecular formula is C15H17N3O2S. The number of hydrogen-bond donors (Lipinski definition) is 1. The summed E-state index contributed by atoms with van der Waals surface area (Å²) in [5.41, 5.74) is 2.68. The molecular weight excluding hydrogens is 286 g/mol. The van der Waals surface area contributed by atoms with Crippen molar-refractivity contribution in [2.24, 2.45) is 0 Å². The fraction of sp³-hybridized carbons (Fsp3) is 0.400. The predicted molar refractivity (Wildman–Crippen MR) is 80.6 cm³/mol. The number of rotatable bonds is 4. The maximum atomic E-state index is 10.8. The zero-order valence-electron chi connectivity index (χ0n) is 11.8. The van der Waals surface area contributed by atoms with Crippen LogP contribution in [0.5, 0.6) is 0 Å². The molecule has 0 saturated carbocycles. The van der Waals surface area contributed by atoms with E-state index in [4.69, 9.17) is 5.11 Å². The molecule has 1 aliphatic carbocycles. The third kappa shape index (κ3) is 2.81. The molecule has 0 radical (unpaired) electrons. The average molecular weight is 303 g/mol. The van der Waals surface area contributed by atoms with Crippen LogP contribution in [0.2, 0.25) is 0 Å². The Morgan fingerprint density at radius 3 is 3.05 bits per heavy atom. The lowest BCUT2D eigenvalue weighted by atomic mass is 9.87. The Morgan fingerprint density at radius 1 is 1.43 bits per heavy atom. The van der Waals surface area contributed by atoms with E-state index in [1.807, 2.05) is 6.92 Å². The zero-order chi connectivity index (χ0) is 14.8. The molecule has 1 unspecified atom stereocenters. The number of nitrogens with zero attached hydrogens (tertiary/aromatic N) is 3. The van der Waals surface area contributed by atoms with Gasteiger partial charge in [0.2, 0.25) is 0 Å². The first-order valence-corrected chi connectivity index (χ1v) is 7.99. The Kier molecular flexibility index (Phi) is 3.96. The Balaban J connectivity index is 1.98. The van der Waals surface area contributed by atoms with Gasteiger partial charge >= 0.3 is 5.97 Å². The molecule has 0 saturated heterocycles. The molecule has 1 aromatic carbocycles. The van der Waals surface area contributed by atoms with E-state index in [0.29, 0.717) is 5.16 Å². The fourth-order valence-electron chi connectivity index (χ4n) is 2.93. The highest BCUT2D eigenvalue weighted by Gasteiger charge is 2.25. The van der Waals surface area contributed by atoms with E-state index in [2.05, 4.69) is 39.0 Å². The molecule has 1 aromatic heterocycles. The Hall–Kier alpha value is -1.82. The summed E-state index contributed by atoms with van der Waals surface area (Å²) in [6.07, 6.45) is 3.27. The van der Waals surface area contributed by atoms with E-state index in [0.717, 1.165) is 25.1 Å². The van der Waals surface area contributed by atoms with Crippen molar-refractivity contribution in [2.45, 2.75) is 37.4 Å². The van der Waals surface area contributed by atoms with Gasteiger partial charge in [-0.25, -0.2) is 0 Å². The van der Waals surface area contributed by atoms with Gasteiger partial charge in [0.1, 0.15) is 5.82 Å². The van der Waals surface area contributed by atoms with Gasteiger partial charge in [-0.15, -0.1) is 10.2 Å². The van der Waals surface area contributed by atoms with Gasteiger partial charge in [0.05, 0.1) is 11.8 Å². The maximum absolute atomic E-state index is 10.8. The van der Waals surface area contributed by atoms with Crippen LogP contribution in [0.4, 0.5) is 0 Å². The number of aryl methyl sites for hydroxylation is 2. The van der Waals surface area contributed by atoms with Crippen LogP contribution in [0, 0.1) is 6.92 Å². The number of thioether (sulfide) groups is 1. The van der Waals surface area contributed by atoms with Crippen LogP contribution < -0.4 is 0 Å². The molecule has 1 heterocycles. The van der Waals surface area contributed by atoms with E-state index in [1.165, 1.54) is 22.9 Å². The van der Waals surface area contributed by atoms with E-state index < -0.39 is 5.97 Å². The molecule has 1 aliphatic rings. The predicted octanol–water partition coefficient (Wildman–Crippen LogP) is 2.69. The van der Waals surface area contributed by atoms with Crippen molar-refractivity contribution in [1.82, 2.24) is 14.8 Å². The van der Waals surface area contributed by atoms with Crippen molar-refractivity contribution in [2.75, 3.05) is 5.75 Å². The molecule has 0 amide bonds. The summed E-state index contributed by atoms with van der Waals surface area (Å²) in [6.45, 7) is 1.93. The number of carboxylic acids is 1. The first-order valence-electron chi connectivity index (χ1n) is 7.00. The second-order valence-electron chi connectivity index (χ2n) is 5.19. The minimum absolute atomic E-state index is 0.00645. The second kappa shape index (κ2) is 5.89. The lowest BCUT2D eigenvalue weighted by molar-refractivity contribution is -0.133. The van der Waals surface area contributed by atoms with Crippen LogP contribution in [-0.2, 0) is 11.2 Å². The number of carboxylic acid groups (broad SMARTS) is 1. The third-order valence-corrected chi connectivity index (χ3v) is 4.74. The Labute approximate surface area is 127 Å². The summed E-state index contributed by atoms with van der Waals surface area (Å²) in [7, 11) is 0. The van der Waals surface area contributed by atoms with Gasteiger partial charge < -0.3 is 5.11 Å². The summed E-state index contributed by atoms with van der Waals surface area (Å²) >= 11 is 1.23. The molecule has 0 aliphatic heterocycles. The number of aromatic nitrogens is 3. The summed E-state index contributed by atoms with van der Waals surface area (Å²) in [6, 6.07) is 8.66. The molecule has 0 spiro atoms. The van der Waals surface area contributed by atoms with Gasteiger partial charge in [-0.1, -0.05) is 36.0 Å². The van der Waals surface area contributed by atoms with Gasteiger partial charge in [-0.2, -0.15) is 0 Å². The second-order valence-corrected chi connectivity index (χ2v) is 6.13. The van der Waals surface area contributed by atoms with Crippen LogP contribution >= 0.6 is 11.8 Å². The van der Waals surface area contributed by atoms with E-state index in [-0.39, 0.29) is 11.8 Å². The van der Waals surface area contributed by atoms with E-state index in [9.17, 15) is 4.79 Å². The van der Waals surface area contributed by atoms with Gasteiger partial charge in [0.25, 0.3) is 0 Å². The standard InChI is InChI=1S/C15H17N3O2S/c1-10-16-17-15(21-9-14(19)20)18(10)13-8-4-6-11-5-2-3-7-12(11)13/h2-3,5,7,13H,4,6,8-9H2,1H3,(H,19,20). The summed E-state index contributed by atoms with van der Waals surface area (Å²) < 4.78 is 2.09. The summed E-state index contributed by atoms with van der Waals surface area (Å²) in [5.74, 6) is 0.00723. The molecule has 1 N–H and O–H groups in total. The largest absolute Gasteiger partial charge is 0.481 e. The Bertz CT molecular complexity index is 669. The van der Waals surface area contributed by atoms with Crippen molar-refractivity contribution in [3.05, 3.63) is 41.2 Å². The van der Waals surface area contributed by atoms with Gasteiger partial charge in [-0.05, 0) is 37.3 Å². The Morgan fingerprint density at radius 2 is 2.24 bits per heavy atom. The highest BCUT2D eigenvalue weighted by Crippen LogP contribution is 2.35. The molecule has 5 nitrogen and oxygen atoms in total. The van der Waals surface area contributed by atoms with E-state index in [1.54, 1.807) is 0 Å². The molecule has 110 valence electrons. The van der Waals surface area contributed by atoms with Crippen LogP contribution in [-0.4, -0.2) is 31.6 Å². The van der Waals surface area contributed by atoms with Gasteiger partial charge in [-0.3, -0.25) is 9.36 Å². The van der Waals surface area contributed by atoms with Crippen LogP contribution in [0.3, 0.4) is 0 Å².